The maximum absolute atomic E-state index is 13.0. The van der Waals surface area contributed by atoms with Crippen LogP contribution in [-0.2, 0) is 4.79 Å². The van der Waals surface area contributed by atoms with Gasteiger partial charge in [-0.25, -0.2) is 13.8 Å². The van der Waals surface area contributed by atoms with Gasteiger partial charge in [-0.1, -0.05) is 23.4 Å². The maximum atomic E-state index is 13.0. The fourth-order valence-electron chi connectivity index (χ4n) is 2.06. The zero-order chi connectivity index (χ0) is 17.8. The van der Waals surface area contributed by atoms with Crippen molar-refractivity contribution >= 4 is 35.0 Å². The third kappa shape index (κ3) is 4.58. The Morgan fingerprint density at radius 3 is 2.60 bits per heavy atom. The molecule has 1 amide bonds. The molecule has 0 aliphatic rings. The van der Waals surface area contributed by atoms with Crippen molar-refractivity contribution < 1.29 is 13.6 Å². The molecule has 0 aliphatic heterocycles. The summed E-state index contributed by atoms with van der Waals surface area (Å²) in [6.45, 7) is 0. The number of H-pyrrole nitrogens is 1. The highest BCUT2D eigenvalue weighted by Gasteiger charge is 2.10. The van der Waals surface area contributed by atoms with Gasteiger partial charge in [0.05, 0.1) is 28.4 Å². The second kappa shape index (κ2) is 7.67. The number of benzene rings is 2. The van der Waals surface area contributed by atoms with Crippen molar-refractivity contribution in [2.75, 3.05) is 11.1 Å². The van der Waals surface area contributed by atoms with Crippen LogP contribution >= 0.6 is 23.4 Å². The normalized spacial score (nSPS) is 10.7. The summed E-state index contributed by atoms with van der Waals surface area (Å²) in [6.07, 6.45) is 1.62. The highest BCUT2D eigenvalue weighted by molar-refractivity contribution is 7.99. The Balaban J connectivity index is 1.58. The molecule has 2 aromatic carbocycles. The molecule has 25 heavy (non-hydrogen) atoms. The summed E-state index contributed by atoms with van der Waals surface area (Å²) in [6, 6.07) is 9.76. The van der Waals surface area contributed by atoms with E-state index in [1.165, 1.54) is 36.0 Å². The zero-order valence-corrected chi connectivity index (χ0v) is 14.3. The van der Waals surface area contributed by atoms with Crippen molar-refractivity contribution in [3.8, 4) is 11.3 Å². The minimum absolute atomic E-state index is 0.101. The number of carbonyl (C=O) groups excluding carboxylic acids is 1. The molecule has 8 heteroatoms. The van der Waals surface area contributed by atoms with E-state index in [1.807, 2.05) is 0 Å². The van der Waals surface area contributed by atoms with E-state index < -0.39 is 5.82 Å². The molecule has 0 aliphatic carbocycles. The molecule has 0 saturated heterocycles. The molecule has 1 aromatic heterocycles. The minimum Gasteiger partial charge on any atom is -0.333 e. The number of nitrogens with zero attached hydrogens (tertiary/aromatic N) is 1. The van der Waals surface area contributed by atoms with E-state index in [0.717, 1.165) is 17.3 Å². The first-order valence-corrected chi connectivity index (χ1v) is 8.56. The molecule has 0 saturated carbocycles. The second-order valence-corrected chi connectivity index (χ2v) is 6.44. The van der Waals surface area contributed by atoms with Crippen LogP contribution in [0.1, 0.15) is 0 Å². The smallest absolute Gasteiger partial charge is 0.234 e. The van der Waals surface area contributed by atoms with E-state index in [2.05, 4.69) is 15.3 Å². The lowest BCUT2D eigenvalue weighted by Crippen LogP contribution is -2.14. The minimum atomic E-state index is -0.471. The lowest BCUT2D eigenvalue weighted by atomic mass is 10.2. The number of aromatic nitrogens is 2. The SMILES string of the molecule is O=C(CSc1ncc(-c2ccc(F)cc2)[nH]1)Nc1ccc(F)cc1Cl. The number of thioether (sulfide) groups is 1. The van der Waals surface area contributed by atoms with Crippen molar-refractivity contribution in [1.29, 1.82) is 0 Å². The standard InChI is InChI=1S/C17H12ClF2N3OS/c18-13-7-12(20)5-6-14(13)22-16(24)9-25-17-21-8-15(23-17)10-1-3-11(19)4-2-10/h1-8H,9H2,(H,21,23)(H,22,24). The first-order chi connectivity index (χ1) is 12.0. The zero-order valence-electron chi connectivity index (χ0n) is 12.7. The van der Waals surface area contributed by atoms with Crippen LogP contribution in [0.25, 0.3) is 11.3 Å². The van der Waals surface area contributed by atoms with Gasteiger partial charge in [-0.2, -0.15) is 0 Å². The van der Waals surface area contributed by atoms with Gasteiger partial charge in [-0.3, -0.25) is 4.79 Å². The molecule has 0 spiro atoms. The average molecular weight is 380 g/mol. The van der Waals surface area contributed by atoms with Gasteiger partial charge in [0.2, 0.25) is 5.91 Å². The van der Waals surface area contributed by atoms with Crippen LogP contribution in [0, 0.1) is 11.6 Å². The molecule has 2 N–H and O–H groups in total. The Kier molecular flexibility index (Phi) is 5.35. The maximum Gasteiger partial charge on any atom is 0.234 e. The summed E-state index contributed by atoms with van der Waals surface area (Å²) in [4.78, 5) is 19.2. The van der Waals surface area contributed by atoms with Crippen LogP contribution in [0.4, 0.5) is 14.5 Å². The third-order valence-corrected chi connectivity index (χ3v) is 4.45. The first-order valence-electron chi connectivity index (χ1n) is 7.20. The molecule has 1 heterocycles. The van der Waals surface area contributed by atoms with Crippen molar-refractivity contribution in [3.05, 3.63) is 65.3 Å². The molecular formula is C17H12ClF2N3OS. The Morgan fingerprint density at radius 2 is 1.88 bits per heavy atom. The first kappa shape index (κ1) is 17.4. The molecule has 0 fully saturated rings. The van der Waals surface area contributed by atoms with E-state index >= 15 is 0 Å². The molecule has 0 bridgehead atoms. The molecule has 4 nitrogen and oxygen atoms in total. The molecule has 3 aromatic rings. The Labute approximate surface area is 151 Å². The Morgan fingerprint density at radius 1 is 1.16 bits per heavy atom. The Bertz CT molecular complexity index is 899. The summed E-state index contributed by atoms with van der Waals surface area (Å²) >= 11 is 7.07. The number of halogens is 3. The number of hydrogen-bond donors (Lipinski definition) is 2. The van der Waals surface area contributed by atoms with Gasteiger partial charge in [-0.15, -0.1) is 0 Å². The number of aromatic amines is 1. The third-order valence-electron chi connectivity index (χ3n) is 3.25. The van der Waals surface area contributed by atoms with Crippen molar-refractivity contribution in [2.24, 2.45) is 0 Å². The summed E-state index contributed by atoms with van der Waals surface area (Å²) in [5.41, 5.74) is 1.87. The molecule has 0 unspecified atom stereocenters. The van der Waals surface area contributed by atoms with Crippen molar-refractivity contribution in [1.82, 2.24) is 9.97 Å². The van der Waals surface area contributed by atoms with E-state index in [9.17, 15) is 13.6 Å². The van der Waals surface area contributed by atoms with E-state index in [0.29, 0.717) is 10.8 Å². The largest absolute Gasteiger partial charge is 0.333 e. The second-order valence-electron chi connectivity index (χ2n) is 5.07. The highest BCUT2D eigenvalue weighted by atomic mass is 35.5. The number of hydrogen-bond acceptors (Lipinski definition) is 3. The number of nitrogens with one attached hydrogen (secondary N) is 2. The van der Waals surface area contributed by atoms with Gasteiger partial charge >= 0.3 is 0 Å². The fourth-order valence-corrected chi connectivity index (χ4v) is 2.93. The molecular weight excluding hydrogens is 368 g/mol. The number of anilines is 1. The van der Waals surface area contributed by atoms with Gasteiger partial charge in [0.1, 0.15) is 11.6 Å². The predicted octanol–water partition coefficient (Wildman–Crippen LogP) is 4.74. The van der Waals surface area contributed by atoms with E-state index in [-0.39, 0.29) is 22.5 Å². The van der Waals surface area contributed by atoms with Crippen LogP contribution < -0.4 is 5.32 Å². The summed E-state index contributed by atoms with van der Waals surface area (Å²) in [5, 5.41) is 3.30. The van der Waals surface area contributed by atoms with Crippen molar-refractivity contribution in [2.45, 2.75) is 5.16 Å². The van der Waals surface area contributed by atoms with Crippen LogP contribution in [0.3, 0.4) is 0 Å². The lowest BCUT2D eigenvalue weighted by molar-refractivity contribution is -0.113. The lowest BCUT2D eigenvalue weighted by Gasteiger charge is -2.06. The molecule has 128 valence electrons. The van der Waals surface area contributed by atoms with Crippen LogP contribution in [0.15, 0.2) is 53.8 Å². The van der Waals surface area contributed by atoms with Crippen LogP contribution in [0.2, 0.25) is 5.02 Å². The monoisotopic (exact) mass is 379 g/mol. The molecule has 3 rings (SSSR count). The van der Waals surface area contributed by atoms with Gasteiger partial charge in [0.25, 0.3) is 0 Å². The summed E-state index contributed by atoms with van der Waals surface area (Å²) in [5.74, 6) is -0.974. The highest BCUT2D eigenvalue weighted by Crippen LogP contribution is 2.24. The quantitative estimate of drug-likeness (QED) is 0.629. The summed E-state index contributed by atoms with van der Waals surface area (Å²) < 4.78 is 25.9. The van der Waals surface area contributed by atoms with Gasteiger partial charge in [0.15, 0.2) is 5.16 Å². The number of carbonyl (C=O) groups is 1. The van der Waals surface area contributed by atoms with Gasteiger partial charge < -0.3 is 10.3 Å². The topological polar surface area (TPSA) is 57.8 Å². The Hall–Kier alpha value is -2.38. The number of imidazole rings is 1. The van der Waals surface area contributed by atoms with Crippen LogP contribution in [0.5, 0.6) is 0 Å². The summed E-state index contributed by atoms with van der Waals surface area (Å²) in [7, 11) is 0. The van der Waals surface area contributed by atoms with E-state index in [4.69, 9.17) is 11.6 Å². The predicted molar refractivity (Wildman–Crippen MR) is 94.7 cm³/mol. The number of rotatable bonds is 5. The average Bonchev–Trinajstić information content (AvgIpc) is 3.05. The molecule has 0 atom stereocenters. The fraction of sp³-hybridized carbons (Fsp3) is 0.0588. The van der Waals surface area contributed by atoms with Crippen molar-refractivity contribution in [3.63, 3.8) is 0 Å². The number of amides is 1. The van der Waals surface area contributed by atoms with E-state index in [1.54, 1.807) is 18.3 Å². The van der Waals surface area contributed by atoms with Gasteiger partial charge in [-0.05, 0) is 48.0 Å². The van der Waals surface area contributed by atoms with Gasteiger partial charge in [0, 0.05) is 0 Å². The van der Waals surface area contributed by atoms with Crippen LogP contribution in [-0.4, -0.2) is 21.6 Å². The molecule has 0 radical (unpaired) electrons.